The lowest BCUT2D eigenvalue weighted by molar-refractivity contribution is -0.155. The van der Waals surface area contributed by atoms with E-state index in [4.69, 9.17) is 0 Å². The molecular formula is C10H14O3. The van der Waals surface area contributed by atoms with Crippen LogP contribution < -0.4 is 0 Å². The van der Waals surface area contributed by atoms with Gasteiger partial charge in [0.2, 0.25) is 0 Å². The van der Waals surface area contributed by atoms with Crippen molar-refractivity contribution in [2.75, 3.05) is 0 Å². The number of rotatable bonds is 0. The molecule has 1 aliphatic carbocycles. The van der Waals surface area contributed by atoms with Gasteiger partial charge in [0.15, 0.2) is 0 Å². The van der Waals surface area contributed by atoms with Gasteiger partial charge in [0.1, 0.15) is 0 Å². The molecule has 3 heteroatoms. The minimum atomic E-state index is -0.423. The average Bonchev–Trinajstić information content (AvgIpc) is 2.29. The van der Waals surface area contributed by atoms with Crippen LogP contribution in [-0.2, 0) is 14.3 Å². The van der Waals surface area contributed by atoms with Crippen molar-refractivity contribution in [3.05, 3.63) is 0 Å². The highest BCUT2D eigenvalue weighted by molar-refractivity contribution is 5.97. The molecule has 72 valence electrons. The molecule has 2 rings (SSSR count). The van der Waals surface area contributed by atoms with Gasteiger partial charge in [0.05, 0.1) is 11.8 Å². The quantitative estimate of drug-likeness (QED) is 0.424. The van der Waals surface area contributed by atoms with E-state index < -0.39 is 5.41 Å². The van der Waals surface area contributed by atoms with E-state index in [0.29, 0.717) is 6.42 Å². The summed E-state index contributed by atoms with van der Waals surface area (Å²) < 4.78 is 4.63. The Bertz CT molecular complexity index is 237. The normalized spacial score (nSPS) is 27.4. The fourth-order valence-corrected chi connectivity index (χ4v) is 2.38. The number of carbonyl (C=O) groups excluding carboxylic acids is 2. The van der Waals surface area contributed by atoms with Crippen LogP contribution >= 0.6 is 0 Å². The first kappa shape index (κ1) is 8.73. The molecule has 1 spiro atoms. The standard InChI is InChI=1S/C10H14O3/c11-8-7-10(9(12)13-8)5-3-1-2-4-6-10/h1-7H2. The van der Waals surface area contributed by atoms with Crippen molar-refractivity contribution in [1.82, 2.24) is 0 Å². The molecule has 3 nitrogen and oxygen atoms in total. The summed E-state index contributed by atoms with van der Waals surface area (Å²) in [7, 11) is 0. The van der Waals surface area contributed by atoms with Crippen LogP contribution in [0.4, 0.5) is 0 Å². The Kier molecular flexibility index (Phi) is 2.10. The number of hydrogen-bond acceptors (Lipinski definition) is 3. The average molecular weight is 182 g/mol. The lowest BCUT2D eigenvalue weighted by Crippen LogP contribution is -2.25. The van der Waals surface area contributed by atoms with Crippen LogP contribution in [0.3, 0.4) is 0 Å². The van der Waals surface area contributed by atoms with E-state index in [-0.39, 0.29) is 11.9 Å². The smallest absolute Gasteiger partial charge is 0.320 e. The van der Waals surface area contributed by atoms with Crippen molar-refractivity contribution >= 4 is 11.9 Å². The van der Waals surface area contributed by atoms with Crippen LogP contribution in [0.15, 0.2) is 0 Å². The Morgan fingerprint density at radius 3 is 2.08 bits per heavy atom. The first-order chi connectivity index (χ1) is 6.23. The van der Waals surface area contributed by atoms with E-state index in [2.05, 4.69) is 4.74 Å². The van der Waals surface area contributed by atoms with Crippen molar-refractivity contribution in [3.8, 4) is 0 Å². The van der Waals surface area contributed by atoms with E-state index in [1.807, 2.05) is 0 Å². The van der Waals surface area contributed by atoms with Crippen LogP contribution in [0.5, 0.6) is 0 Å². The predicted molar refractivity (Wildman–Crippen MR) is 45.9 cm³/mol. The number of carbonyl (C=O) groups is 2. The fraction of sp³-hybridized carbons (Fsp3) is 0.800. The molecule has 0 unspecified atom stereocenters. The minimum Gasteiger partial charge on any atom is -0.393 e. The van der Waals surface area contributed by atoms with Gasteiger partial charge in [-0.25, -0.2) is 0 Å². The van der Waals surface area contributed by atoms with Crippen molar-refractivity contribution < 1.29 is 14.3 Å². The summed E-state index contributed by atoms with van der Waals surface area (Å²) in [6.45, 7) is 0. The topological polar surface area (TPSA) is 43.4 Å². The summed E-state index contributed by atoms with van der Waals surface area (Å²) in [6, 6.07) is 0. The predicted octanol–water partition coefficient (Wildman–Crippen LogP) is 1.80. The molecule has 0 atom stereocenters. The Morgan fingerprint density at radius 2 is 1.62 bits per heavy atom. The maximum absolute atomic E-state index is 11.5. The highest BCUT2D eigenvalue weighted by Gasteiger charge is 2.48. The zero-order chi connectivity index (χ0) is 9.31. The molecule has 0 aromatic heterocycles. The second-order valence-electron chi connectivity index (χ2n) is 4.13. The van der Waals surface area contributed by atoms with Gasteiger partial charge in [-0.15, -0.1) is 0 Å². The molecule has 0 N–H and O–H groups in total. The molecule has 13 heavy (non-hydrogen) atoms. The molecule has 1 heterocycles. The Hall–Kier alpha value is -0.860. The number of hydrogen-bond donors (Lipinski definition) is 0. The SMILES string of the molecule is O=C1CC2(CCCCCC2)C(=O)O1. The van der Waals surface area contributed by atoms with Crippen LogP contribution in [-0.4, -0.2) is 11.9 Å². The Labute approximate surface area is 77.4 Å². The molecule has 0 bridgehead atoms. The monoisotopic (exact) mass is 182 g/mol. The van der Waals surface area contributed by atoms with Crippen LogP contribution in [0.1, 0.15) is 44.9 Å². The molecule has 0 aromatic rings. The number of esters is 2. The maximum atomic E-state index is 11.5. The van der Waals surface area contributed by atoms with Gasteiger partial charge in [0, 0.05) is 0 Å². The summed E-state index contributed by atoms with van der Waals surface area (Å²) in [5.41, 5.74) is -0.423. The summed E-state index contributed by atoms with van der Waals surface area (Å²) in [5.74, 6) is -0.591. The maximum Gasteiger partial charge on any atom is 0.320 e. The summed E-state index contributed by atoms with van der Waals surface area (Å²) in [4.78, 5) is 22.5. The first-order valence-electron chi connectivity index (χ1n) is 4.98. The van der Waals surface area contributed by atoms with Gasteiger partial charge in [-0.3, -0.25) is 9.59 Å². The highest BCUT2D eigenvalue weighted by Crippen LogP contribution is 2.42. The summed E-state index contributed by atoms with van der Waals surface area (Å²) in [5, 5.41) is 0. The zero-order valence-corrected chi connectivity index (χ0v) is 7.67. The van der Waals surface area contributed by atoms with Gasteiger partial charge in [-0.05, 0) is 12.8 Å². The van der Waals surface area contributed by atoms with Crippen molar-refractivity contribution in [2.24, 2.45) is 5.41 Å². The molecular weight excluding hydrogens is 168 g/mol. The molecule has 1 aliphatic heterocycles. The first-order valence-corrected chi connectivity index (χ1v) is 4.98. The van der Waals surface area contributed by atoms with Crippen molar-refractivity contribution in [1.29, 1.82) is 0 Å². The lowest BCUT2D eigenvalue weighted by atomic mass is 9.79. The Balaban J connectivity index is 2.17. The van der Waals surface area contributed by atoms with Gasteiger partial charge >= 0.3 is 11.9 Å². The fourth-order valence-electron chi connectivity index (χ4n) is 2.38. The molecule has 0 aromatic carbocycles. The van der Waals surface area contributed by atoms with Crippen LogP contribution in [0.25, 0.3) is 0 Å². The second kappa shape index (κ2) is 3.13. The van der Waals surface area contributed by atoms with Gasteiger partial charge in [-0.2, -0.15) is 0 Å². The van der Waals surface area contributed by atoms with Crippen LogP contribution in [0, 0.1) is 5.41 Å². The van der Waals surface area contributed by atoms with E-state index in [1.165, 1.54) is 12.8 Å². The van der Waals surface area contributed by atoms with E-state index in [0.717, 1.165) is 25.7 Å². The molecule has 0 radical (unpaired) electrons. The Morgan fingerprint density at radius 1 is 1.00 bits per heavy atom. The van der Waals surface area contributed by atoms with E-state index in [1.54, 1.807) is 0 Å². The lowest BCUT2D eigenvalue weighted by Gasteiger charge is -2.20. The molecule has 1 saturated carbocycles. The molecule has 1 saturated heterocycles. The van der Waals surface area contributed by atoms with Crippen molar-refractivity contribution in [3.63, 3.8) is 0 Å². The third-order valence-corrected chi connectivity index (χ3v) is 3.18. The van der Waals surface area contributed by atoms with Crippen molar-refractivity contribution in [2.45, 2.75) is 44.9 Å². The van der Waals surface area contributed by atoms with Gasteiger partial charge in [-0.1, -0.05) is 25.7 Å². The summed E-state index contributed by atoms with van der Waals surface area (Å²) in [6.07, 6.45) is 6.50. The van der Waals surface area contributed by atoms with Crippen LogP contribution in [0.2, 0.25) is 0 Å². The highest BCUT2D eigenvalue weighted by atomic mass is 16.6. The largest absolute Gasteiger partial charge is 0.393 e. The van der Waals surface area contributed by atoms with E-state index >= 15 is 0 Å². The number of ether oxygens (including phenoxy) is 1. The minimum absolute atomic E-state index is 0.264. The third-order valence-electron chi connectivity index (χ3n) is 3.18. The van der Waals surface area contributed by atoms with Gasteiger partial charge < -0.3 is 4.74 Å². The zero-order valence-electron chi connectivity index (χ0n) is 7.67. The second-order valence-corrected chi connectivity index (χ2v) is 4.13. The third kappa shape index (κ3) is 1.47. The van der Waals surface area contributed by atoms with Gasteiger partial charge in [0.25, 0.3) is 0 Å². The summed E-state index contributed by atoms with van der Waals surface area (Å²) >= 11 is 0. The number of cyclic esters (lactones) is 2. The molecule has 0 amide bonds. The molecule has 2 fully saturated rings. The molecule has 2 aliphatic rings. The van der Waals surface area contributed by atoms with E-state index in [9.17, 15) is 9.59 Å².